The number of ketones is 2. The van der Waals surface area contributed by atoms with Gasteiger partial charge >= 0.3 is 0 Å². The average molecular weight is 372 g/mol. The van der Waals surface area contributed by atoms with Crippen LogP contribution in [0.2, 0.25) is 0 Å². The summed E-state index contributed by atoms with van der Waals surface area (Å²) in [7, 11) is 0. The second-order valence-corrected chi connectivity index (χ2v) is 7.25. The number of ether oxygens (including phenoxy) is 1. The van der Waals surface area contributed by atoms with E-state index in [1.807, 2.05) is 37.3 Å². The minimum absolute atomic E-state index is 0.0121. The Hall–Kier alpha value is -3.21. The molecule has 5 heteroatoms. The third kappa shape index (κ3) is 2.43. The highest BCUT2D eigenvalue weighted by molar-refractivity contribution is 6.23. The zero-order valence-corrected chi connectivity index (χ0v) is 15.6. The van der Waals surface area contributed by atoms with Crippen LogP contribution in [0, 0.1) is 0 Å². The highest BCUT2D eigenvalue weighted by Gasteiger charge is 2.43. The Morgan fingerprint density at radius 3 is 2.64 bits per heavy atom. The molecule has 1 unspecified atom stereocenters. The molecule has 1 aromatic heterocycles. The van der Waals surface area contributed by atoms with Crippen LogP contribution >= 0.6 is 0 Å². The van der Waals surface area contributed by atoms with Crippen molar-refractivity contribution in [3.05, 3.63) is 76.1 Å². The number of pyridine rings is 1. The van der Waals surface area contributed by atoms with Gasteiger partial charge in [-0.15, -0.1) is 0 Å². The fourth-order valence-electron chi connectivity index (χ4n) is 4.47. The molecule has 1 aliphatic heterocycles. The Labute approximate surface area is 163 Å². The molecule has 0 saturated carbocycles. The molecule has 5 rings (SSSR count). The van der Waals surface area contributed by atoms with Crippen molar-refractivity contribution in [1.82, 2.24) is 10.3 Å². The normalized spacial score (nSPS) is 20.5. The van der Waals surface area contributed by atoms with Gasteiger partial charge in [0.2, 0.25) is 5.88 Å². The third-order valence-electron chi connectivity index (χ3n) is 5.65. The minimum Gasteiger partial charge on any atom is -0.478 e. The van der Waals surface area contributed by atoms with E-state index in [0.717, 1.165) is 40.9 Å². The van der Waals surface area contributed by atoms with Crippen LogP contribution in [-0.2, 0) is 4.79 Å². The van der Waals surface area contributed by atoms with Gasteiger partial charge in [0, 0.05) is 52.6 Å². The van der Waals surface area contributed by atoms with E-state index in [2.05, 4.69) is 10.3 Å². The zero-order valence-electron chi connectivity index (χ0n) is 15.6. The number of nitrogens with zero attached hydrogens (tertiary/aromatic N) is 1. The molecule has 0 amide bonds. The molecule has 0 radical (unpaired) electrons. The summed E-state index contributed by atoms with van der Waals surface area (Å²) in [6.45, 7) is 2.45. The second-order valence-electron chi connectivity index (χ2n) is 7.25. The number of hydrogen-bond acceptors (Lipinski definition) is 5. The maximum Gasteiger partial charge on any atom is 0.213 e. The van der Waals surface area contributed by atoms with Crippen LogP contribution in [0.1, 0.15) is 53.6 Å². The van der Waals surface area contributed by atoms with E-state index in [-0.39, 0.29) is 17.5 Å². The molecule has 28 heavy (non-hydrogen) atoms. The molecular formula is C23H20N2O3. The number of carbonyl (C=O) groups is 2. The summed E-state index contributed by atoms with van der Waals surface area (Å²) in [6, 6.07) is 11.4. The summed E-state index contributed by atoms with van der Waals surface area (Å²) >= 11 is 0. The predicted molar refractivity (Wildman–Crippen MR) is 105 cm³/mol. The van der Waals surface area contributed by atoms with Crippen LogP contribution in [0.3, 0.4) is 0 Å². The van der Waals surface area contributed by atoms with Crippen LogP contribution in [0.15, 0.2) is 59.4 Å². The molecule has 1 aromatic carbocycles. The largest absolute Gasteiger partial charge is 0.478 e. The van der Waals surface area contributed by atoms with Gasteiger partial charge in [0.25, 0.3) is 0 Å². The van der Waals surface area contributed by atoms with Crippen LogP contribution in [0.5, 0.6) is 5.88 Å². The maximum absolute atomic E-state index is 13.3. The Bertz CT molecular complexity index is 1060. The fraction of sp³-hybridized carbons (Fsp3) is 0.261. The molecule has 2 heterocycles. The Morgan fingerprint density at radius 2 is 1.89 bits per heavy atom. The number of hydrogen-bond donors (Lipinski definition) is 1. The Kier molecular flexibility index (Phi) is 3.90. The lowest BCUT2D eigenvalue weighted by Gasteiger charge is -2.33. The second kappa shape index (κ2) is 6.44. The molecule has 1 N–H and O–H groups in total. The molecular weight excluding hydrogens is 352 g/mol. The molecule has 1 atom stereocenters. The van der Waals surface area contributed by atoms with Crippen molar-refractivity contribution in [1.29, 1.82) is 0 Å². The first-order valence-electron chi connectivity index (χ1n) is 9.69. The molecule has 2 aliphatic carbocycles. The number of aromatic nitrogens is 1. The van der Waals surface area contributed by atoms with Crippen molar-refractivity contribution in [2.45, 2.75) is 32.1 Å². The lowest BCUT2D eigenvalue weighted by Crippen LogP contribution is -2.31. The smallest absolute Gasteiger partial charge is 0.213 e. The van der Waals surface area contributed by atoms with Crippen molar-refractivity contribution in [2.24, 2.45) is 0 Å². The highest BCUT2D eigenvalue weighted by Crippen LogP contribution is 2.48. The first-order chi connectivity index (χ1) is 13.7. The lowest BCUT2D eigenvalue weighted by molar-refractivity contribution is -0.116. The standard InChI is InChI=1S/C23H20N2O3/c1-2-28-18-11-10-13(12-24-18)19-20-16(8-5-9-17(20)26)25-22-14-6-3-4-7-15(14)23(27)21(19)22/h3-4,6-7,10-12,19,25H,2,5,8-9H2,1H3. The Balaban J connectivity index is 1.68. The van der Waals surface area contributed by atoms with Gasteiger partial charge in [0.15, 0.2) is 11.6 Å². The van der Waals surface area contributed by atoms with Gasteiger partial charge in [-0.05, 0) is 25.3 Å². The lowest BCUT2D eigenvalue weighted by atomic mass is 9.75. The van der Waals surface area contributed by atoms with Crippen molar-refractivity contribution in [3.63, 3.8) is 0 Å². The van der Waals surface area contributed by atoms with E-state index >= 15 is 0 Å². The number of benzene rings is 1. The van der Waals surface area contributed by atoms with Crippen LogP contribution in [-0.4, -0.2) is 23.2 Å². The first-order valence-corrected chi connectivity index (χ1v) is 9.69. The summed E-state index contributed by atoms with van der Waals surface area (Å²) in [5.41, 5.74) is 5.61. The number of nitrogens with one attached hydrogen (secondary N) is 1. The zero-order chi connectivity index (χ0) is 19.3. The van der Waals surface area contributed by atoms with E-state index in [1.54, 1.807) is 12.3 Å². The number of rotatable bonds is 3. The fourth-order valence-corrected chi connectivity index (χ4v) is 4.47. The predicted octanol–water partition coefficient (Wildman–Crippen LogP) is 3.78. The van der Waals surface area contributed by atoms with Gasteiger partial charge in [-0.25, -0.2) is 4.98 Å². The third-order valence-corrected chi connectivity index (χ3v) is 5.65. The first kappa shape index (κ1) is 16.9. The van der Waals surface area contributed by atoms with E-state index in [1.165, 1.54) is 0 Å². The van der Waals surface area contributed by atoms with Crippen LogP contribution in [0.25, 0.3) is 5.70 Å². The van der Waals surface area contributed by atoms with Crippen molar-refractivity contribution < 1.29 is 14.3 Å². The van der Waals surface area contributed by atoms with Crippen molar-refractivity contribution in [3.8, 4) is 5.88 Å². The van der Waals surface area contributed by atoms with Gasteiger partial charge in [0.05, 0.1) is 12.3 Å². The number of Topliss-reactive ketones (excluding diaryl/α,β-unsaturated/α-hetero) is 2. The summed E-state index contributed by atoms with van der Waals surface area (Å²) < 4.78 is 5.45. The highest BCUT2D eigenvalue weighted by atomic mass is 16.5. The molecule has 0 saturated heterocycles. The number of dihydropyridines is 1. The van der Waals surface area contributed by atoms with E-state index in [0.29, 0.717) is 30.0 Å². The van der Waals surface area contributed by atoms with Crippen molar-refractivity contribution in [2.75, 3.05) is 6.61 Å². The molecule has 0 spiro atoms. The monoisotopic (exact) mass is 372 g/mol. The van der Waals surface area contributed by atoms with Gasteiger partial charge in [-0.3, -0.25) is 9.59 Å². The van der Waals surface area contributed by atoms with Gasteiger partial charge < -0.3 is 10.1 Å². The SMILES string of the molecule is CCOc1ccc(C2C3=C(CCCC3=O)NC3=C2C(=O)c2ccccc23)cn1. The number of allylic oxidation sites excluding steroid dienone is 3. The Morgan fingerprint density at radius 1 is 1.07 bits per heavy atom. The van der Waals surface area contributed by atoms with Crippen molar-refractivity contribution >= 4 is 17.3 Å². The molecule has 0 fully saturated rings. The summed E-state index contributed by atoms with van der Waals surface area (Å²) in [5.74, 6) is 0.256. The van der Waals surface area contributed by atoms with E-state index < -0.39 is 0 Å². The molecule has 2 aromatic rings. The summed E-state index contributed by atoms with van der Waals surface area (Å²) in [5, 5.41) is 3.44. The topological polar surface area (TPSA) is 68.3 Å². The van der Waals surface area contributed by atoms with Crippen LogP contribution in [0.4, 0.5) is 0 Å². The number of carbonyl (C=O) groups excluding carboxylic acids is 2. The molecule has 140 valence electrons. The van der Waals surface area contributed by atoms with E-state index in [4.69, 9.17) is 4.74 Å². The average Bonchev–Trinajstić information content (AvgIpc) is 3.00. The summed E-state index contributed by atoms with van der Waals surface area (Å²) in [4.78, 5) is 30.5. The van der Waals surface area contributed by atoms with Gasteiger partial charge in [-0.1, -0.05) is 30.3 Å². The minimum atomic E-state index is -0.387. The van der Waals surface area contributed by atoms with Gasteiger partial charge in [-0.2, -0.15) is 0 Å². The van der Waals surface area contributed by atoms with Gasteiger partial charge in [0.1, 0.15) is 0 Å². The molecule has 0 bridgehead atoms. The van der Waals surface area contributed by atoms with Crippen LogP contribution < -0.4 is 10.1 Å². The molecule has 3 aliphatic rings. The number of fused-ring (bicyclic) bond motifs is 2. The summed E-state index contributed by atoms with van der Waals surface area (Å²) in [6.07, 6.45) is 3.89. The van der Waals surface area contributed by atoms with E-state index in [9.17, 15) is 9.59 Å². The quantitative estimate of drug-likeness (QED) is 0.888. The molecule has 5 nitrogen and oxygen atoms in total. The maximum atomic E-state index is 13.3.